The Hall–Kier alpha value is -1.42. The number of hydrogen-bond donors (Lipinski definition) is 2. The summed E-state index contributed by atoms with van der Waals surface area (Å²) in [6.45, 7) is 6.30. The van der Waals surface area contributed by atoms with Gasteiger partial charge in [-0.15, -0.1) is 0 Å². The second-order valence-electron chi connectivity index (χ2n) is 7.88. The minimum atomic E-state index is -0.427. The van der Waals surface area contributed by atoms with Gasteiger partial charge in [0.1, 0.15) is 5.69 Å². The Labute approximate surface area is 139 Å². The number of fused-ring (bicyclic) bond motifs is 1. The summed E-state index contributed by atoms with van der Waals surface area (Å²) < 4.78 is 0. The van der Waals surface area contributed by atoms with Crippen LogP contribution < -0.4 is 11.1 Å². The third-order valence-electron chi connectivity index (χ3n) is 5.58. The van der Waals surface area contributed by atoms with Crippen LogP contribution >= 0.6 is 0 Å². The van der Waals surface area contributed by atoms with E-state index in [0.29, 0.717) is 5.69 Å². The quantitative estimate of drug-likeness (QED) is 0.877. The lowest BCUT2D eigenvalue weighted by atomic mass is 9.89. The second kappa shape index (κ2) is 6.60. The van der Waals surface area contributed by atoms with Gasteiger partial charge in [0.2, 0.25) is 0 Å². The molecule has 1 amide bonds. The zero-order valence-electron chi connectivity index (χ0n) is 14.5. The van der Waals surface area contributed by atoms with Crippen molar-refractivity contribution in [3.05, 3.63) is 28.6 Å². The Balaban J connectivity index is 1.74. The number of nitrogens with two attached hydrogens (primary N) is 1. The third kappa shape index (κ3) is 3.57. The number of nitrogens with one attached hydrogen (secondary N) is 1. The Kier molecular flexibility index (Phi) is 4.72. The van der Waals surface area contributed by atoms with Crippen LogP contribution in [0.5, 0.6) is 0 Å². The normalized spacial score (nSPS) is 20.4. The van der Waals surface area contributed by atoms with Crippen LogP contribution in [0.2, 0.25) is 0 Å². The third-order valence-corrected chi connectivity index (χ3v) is 5.58. The highest BCUT2D eigenvalue weighted by Crippen LogP contribution is 2.38. The summed E-state index contributed by atoms with van der Waals surface area (Å²) in [4.78, 5) is 16.2. The first-order valence-electron chi connectivity index (χ1n) is 9.01. The van der Waals surface area contributed by atoms with Crippen LogP contribution in [0.25, 0.3) is 0 Å². The zero-order valence-corrected chi connectivity index (χ0v) is 14.5. The van der Waals surface area contributed by atoms with E-state index in [1.807, 2.05) is 6.07 Å². The molecule has 0 unspecified atom stereocenters. The molecule has 1 heterocycles. The van der Waals surface area contributed by atoms with E-state index in [-0.39, 0.29) is 5.41 Å². The Morgan fingerprint density at radius 2 is 2.09 bits per heavy atom. The number of amides is 1. The summed E-state index contributed by atoms with van der Waals surface area (Å²) in [6.07, 6.45) is 8.98. The van der Waals surface area contributed by atoms with Gasteiger partial charge in [-0.3, -0.25) is 4.79 Å². The molecule has 23 heavy (non-hydrogen) atoms. The first-order chi connectivity index (χ1) is 11.0. The van der Waals surface area contributed by atoms with Gasteiger partial charge in [-0.25, -0.2) is 4.98 Å². The average Bonchev–Trinajstić information content (AvgIpc) is 2.84. The highest BCUT2D eigenvalue weighted by Gasteiger charge is 2.33. The number of rotatable bonds is 5. The summed E-state index contributed by atoms with van der Waals surface area (Å²) in [7, 11) is 0. The molecule has 3 N–H and O–H groups in total. The Bertz CT molecular complexity index is 589. The largest absolute Gasteiger partial charge is 0.364 e. The van der Waals surface area contributed by atoms with E-state index in [9.17, 15) is 4.79 Å². The lowest BCUT2D eigenvalue weighted by molar-refractivity contribution is 0.0995. The summed E-state index contributed by atoms with van der Waals surface area (Å²) in [5, 5.41) is 3.61. The summed E-state index contributed by atoms with van der Waals surface area (Å²) >= 11 is 0. The average molecular weight is 315 g/mol. The van der Waals surface area contributed by atoms with Gasteiger partial charge < -0.3 is 11.1 Å². The lowest BCUT2D eigenvalue weighted by Crippen LogP contribution is -2.25. The Morgan fingerprint density at radius 1 is 1.35 bits per heavy atom. The van der Waals surface area contributed by atoms with Gasteiger partial charge in [-0.2, -0.15) is 0 Å². The first-order valence-corrected chi connectivity index (χ1v) is 9.01. The number of carbonyl (C=O) groups excluding carboxylic acids is 1. The smallest absolute Gasteiger partial charge is 0.267 e. The minimum Gasteiger partial charge on any atom is -0.364 e. The molecule has 0 bridgehead atoms. The SMILES string of the molecule is CC1(C)CCc2c(CNCC3CCCCC3)cc(C(N)=O)nc21. The van der Waals surface area contributed by atoms with E-state index in [1.54, 1.807) is 0 Å². The van der Waals surface area contributed by atoms with Crippen molar-refractivity contribution in [1.82, 2.24) is 10.3 Å². The highest BCUT2D eigenvalue weighted by atomic mass is 16.1. The Morgan fingerprint density at radius 3 is 2.78 bits per heavy atom. The lowest BCUT2D eigenvalue weighted by Gasteiger charge is -2.22. The molecule has 2 aliphatic rings. The van der Waals surface area contributed by atoms with Gasteiger partial charge in [0.05, 0.1) is 5.69 Å². The van der Waals surface area contributed by atoms with E-state index in [0.717, 1.165) is 37.5 Å². The molecule has 3 rings (SSSR count). The van der Waals surface area contributed by atoms with Crippen molar-refractivity contribution in [3.8, 4) is 0 Å². The maximum absolute atomic E-state index is 11.6. The molecule has 1 saturated carbocycles. The number of nitrogens with zero attached hydrogens (tertiary/aromatic N) is 1. The maximum atomic E-state index is 11.6. The molecule has 1 aromatic heterocycles. The number of pyridine rings is 1. The van der Waals surface area contributed by atoms with Crippen LogP contribution in [0.15, 0.2) is 6.07 Å². The maximum Gasteiger partial charge on any atom is 0.267 e. The fraction of sp³-hybridized carbons (Fsp3) is 0.684. The highest BCUT2D eigenvalue weighted by molar-refractivity contribution is 5.91. The van der Waals surface area contributed by atoms with Gasteiger partial charge in [-0.05, 0) is 55.3 Å². The zero-order chi connectivity index (χ0) is 16.4. The van der Waals surface area contributed by atoms with Crippen molar-refractivity contribution >= 4 is 5.91 Å². The summed E-state index contributed by atoms with van der Waals surface area (Å²) in [5.41, 5.74) is 9.56. The molecule has 0 atom stereocenters. The predicted molar refractivity (Wildman–Crippen MR) is 92.4 cm³/mol. The summed E-state index contributed by atoms with van der Waals surface area (Å²) in [6, 6.07) is 1.90. The number of primary amides is 1. The first kappa shape index (κ1) is 16.4. The molecule has 1 aromatic rings. The molecule has 126 valence electrons. The van der Waals surface area contributed by atoms with Gasteiger partial charge >= 0.3 is 0 Å². The van der Waals surface area contributed by atoms with Crippen molar-refractivity contribution in [1.29, 1.82) is 0 Å². The van der Waals surface area contributed by atoms with Gasteiger partial charge in [0.15, 0.2) is 0 Å². The van der Waals surface area contributed by atoms with Crippen molar-refractivity contribution in [2.75, 3.05) is 6.54 Å². The molecule has 0 aromatic carbocycles. The van der Waals surface area contributed by atoms with Gasteiger partial charge in [-0.1, -0.05) is 33.1 Å². The second-order valence-corrected chi connectivity index (χ2v) is 7.88. The molecular formula is C19H29N3O. The molecular weight excluding hydrogens is 286 g/mol. The monoisotopic (exact) mass is 315 g/mol. The number of aromatic nitrogens is 1. The van der Waals surface area contributed by atoms with Crippen molar-refractivity contribution in [2.24, 2.45) is 11.7 Å². The van der Waals surface area contributed by atoms with Crippen LogP contribution in [-0.2, 0) is 18.4 Å². The molecule has 0 saturated heterocycles. The topological polar surface area (TPSA) is 68.0 Å². The van der Waals surface area contributed by atoms with Crippen LogP contribution in [-0.4, -0.2) is 17.4 Å². The fourth-order valence-corrected chi connectivity index (χ4v) is 4.11. The molecule has 4 nitrogen and oxygen atoms in total. The molecule has 2 aliphatic carbocycles. The van der Waals surface area contributed by atoms with E-state index >= 15 is 0 Å². The van der Waals surface area contributed by atoms with Gasteiger partial charge in [0.25, 0.3) is 5.91 Å². The van der Waals surface area contributed by atoms with E-state index in [4.69, 9.17) is 5.73 Å². The van der Waals surface area contributed by atoms with Crippen LogP contribution in [0, 0.1) is 5.92 Å². The molecule has 4 heteroatoms. The molecule has 1 fully saturated rings. The van der Waals surface area contributed by atoms with E-state index in [1.165, 1.54) is 43.2 Å². The van der Waals surface area contributed by atoms with Crippen molar-refractivity contribution in [2.45, 2.75) is 70.8 Å². The molecule has 0 aliphatic heterocycles. The van der Waals surface area contributed by atoms with E-state index in [2.05, 4.69) is 24.1 Å². The van der Waals surface area contributed by atoms with E-state index < -0.39 is 5.91 Å². The number of carbonyl (C=O) groups is 1. The van der Waals surface area contributed by atoms with Crippen LogP contribution in [0.3, 0.4) is 0 Å². The predicted octanol–water partition coefficient (Wildman–Crippen LogP) is 3.07. The fourth-order valence-electron chi connectivity index (χ4n) is 4.11. The van der Waals surface area contributed by atoms with Crippen molar-refractivity contribution in [3.63, 3.8) is 0 Å². The molecule has 0 radical (unpaired) electrons. The molecule has 0 spiro atoms. The van der Waals surface area contributed by atoms with Crippen LogP contribution in [0.1, 0.15) is 79.7 Å². The van der Waals surface area contributed by atoms with Gasteiger partial charge in [0, 0.05) is 12.0 Å². The standard InChI is InChI=1S/C19H29N3O/c1-19(2)9-8-15-14(10-16(18(20)23)22-17(15)19)12-21-11-13-6-4-3-5-7-13/h10,13,21H,3-9,11-12H2,1-2H3,(H2,20,23). The number of hydrogen-bond acceptors (Lipinski definition) is 3. The minimum absolute atomic E-state index is 0.0406. The van der Waals surface area contributed by atoms with Crippen LogP contribution in [0.4, 0.5) is 0 Å². The summed E-state index contributed by atoms with van der Waals surface area (Å²) in [5.74, 6) is 0.384. The van der Waals surface area contributed by atoms with Crippen molar-refractivity contribution < 1.29 is 4.79 Å².